The van der Waals surface area contributed by atoms with Crippen molar-refractivity contribution in [3.63, 3.8) is 0 Å². The van der Waals surface area contributed by atoms with Crippen LogP contribution in [0.15, 0.2) is 42.6 Å². The number of aromatic nitrogens is 4. The Hall–Kier alpha value is -3.96. The number of nitrogens with zero attached hydrogens (tertiary/aromatic N) is 5. The lowest BCUT2D eigenvalue weighted by molar-refractivity contribution is -0.141. The minimum absolute atomic E-state index is 0.0215. The number of fused-ring (bicyclic) bond motifs is 1. The van der Waals surface area contributed by atoms with Crippen LogP contribution in [0.4, 0.5) is 37.7 Å². The molecule has 12 heteroatoms. The fourth-order valence-electron chi connectivity index (χ4n) is 5.29. The van der Waals surface area contributed by atoms with E-state index in [2.05, 4.69) is 19.9 Å². The monoisotopic (exact) mass is 560 g/mol. The maximum Gasteiger partial charge on any atom is 0.433 e. The first-order valence-electron chi connectivity index (χ1n) is 12.8. The Morgan fingerprint density at radius 1 is 0.850 bits per heavy atom. The molecule has 2 N–H and O–H groups in total. The van der Waals surface area contributed by atoms with Gasteiger partial charge in [0.25, 0.3) is 0 Å². The molecule has 0 bridgehead atoms. The van der Waals surface area contributed by atoms with Crippen LogP contribution in [0.1, 0.15) is 49.2 Å². The van der Waals surface area contributed by atoms with Gasteiger partial charge in [-0.3, -0.25) is 4.98 Å². The lowest BCUT2D eigenvalue weighted by Gasteiger charge is -2.34. The molecule has 0 radical (unpaired) electrons. The van der Waals surface area contributed by atoms with Crippen LogP contribution in [0, 0.1) is 6.92 Å². The average Bonchev–Trinajstić information content (AvgIpc) is 2.91. The minimum atomic E-state index is -4.72. The quantitative estimate of drug-likeness (QED) is 0.261. The molecule has 4 aromatic rings. The van der Waals surface area contributed by atoms with Gasteiger partial charge in [0.05, 0.1) is 27.8 Å². The van der Waals surface area contributed by atoms with E-state index in [1.807, 2.05) is 11.9 Å². The summed E-state index contributed by atoms with van der Waals surface area (Å²) in [5.41, 5.74) is 4.57. The lowest BCUT2D eigenvalue weighted by atomic mass is 9.93. The summed E-state index contributed by atoms with van der Waals surface area (Å²) in [5.74, 6) is 0.196. The minimum Gasteiger partial charge on any atom is -0.397 e. The number of rotatable bonds is 4. The van der Waals surface area contributed by atoms with Crippen molar-refractivity contribution in [2.75, 3.05) is 17.7 Å². The molecule has 5 rings (SSSR count). The van der Waals surface area contributed by atoms with E-state index in [1.165, 1.54) is 18.3 Å². The maximum absolute atomic E-state index is 13.9. The molecular weight excluding hydrogens is 534 g/mol. The second-order valence-electron chi connectivity index (χ2n) is 9.94. The van der Waals surface area contributed by atoms with E-state index in [0.29, 0.717) is 11.1 Å². The first kappa shape index (κ1) is 27.6. The fourth-order valence-corrected chi connectivity index (χ4v) is 5.29. The van der Waals surface area contributed by atoms with E-state index in [0.717, 1.165) is 50.3 Å². The van der Waals surface area contributed by atoms with Crippen LogP contribution in [-0.2, 0) is 12.4 Å². The highest BCUT2D eigenvalue weighted by Gasteiger charge is 2.36. The molecule has 0 saturated heterocycles. The van der Waals surface area contributed by atoms with E-state index in [4.69, 9.17) is 5.73 Å². The third-order valence-electron chi connectivity index (χ3n) is 7.22. The second-order valence-corrected chi connectivity index (χ2v) is 9.94. The number of pyridine rings is 2. The predicted molar refractivity (Wildman–Crippen MR) is 140 cm³/mol. The number of benzene rings is 1. The number of nitrogen functional groups attached to an aromatic ring is 1. The van der Waals surface area contributed by atoms with Gasteiger partial charge in [-0.2, -0.15) is 26.3 Å². The molecule has 3 heterocycles. The summed E-state index contributed by atoms with van der Waals surface area (Å²) in [7, 11) is 1.82. The molecule has 3 aromatic heterocycles. The first-order valence-corrected chi connectivity index (χ1v) is 12.8. The Morgan fingerprint density at radius 2 is 1.57 bits per heavy atom. The molecular formula is C28H26F6N6. The molecule has 1 aliphatic rings. The zero-order valence-electron chi connectivity index (χ0n) is 21.7. The summed E-state index contributed by atoms with van der Waals surface area (Å²) in [5, 5.41) is 0.352. The standard InChI is InChI=1S/C28H26F6N6/c1-15-37-20-13-16(24-18(27(29,30)31)9-6-12-36-24)14-21(40(2)17-7-4-3-5-8-17)23(20)26(38-15)25-19(35)10-11-22(39-25)28(32,33)34/h6,9-14,17H,3-5,7-8,35H2,1-2H3. The van der Waals surface area contributed by atoms with Gasteiger partial charge in [0.1, 0.15) is 22.9 Å². The number of aryl methyl sites for hydroxylation is 1. The van der Waals surface area contributed by atoms with Crippen molar-refractivity contribution >= 4 is 22.3 Å². The molecule has 210 valence electrons. The molecule has 0 aliphatic heterocycles. The van der Waals surface area contributed by atoms with Crippen LogP contribution >= 0.6 is 0 Å². The van der Waals surface area contributed by atoms with Gasteiger partial charge < -0.3 is 10.6 Å². The zero-order chi connectivity index (χ0) is 28.8. The van der Waals surface area contributed by atoms with Crippen LogP contribution in [0.3, 0.4) is 0 Å². The molecule has 1 aliphatic carbocycles. The van der Waals surface area contributed by atoms with Gasteiger partial charge in [0, 0.05) is 30.5 Å². The Morgan fingerprint density at radius 3 is 2.25 bits per heavy atom. The highest BCUT2D eigenvalue weighted by Crippen LogP contribution is 2.43. The maximum atomic E-state index is 13.9. The Bertz CT molecular complexity index is 1560. The molecule has 6 nitrogen and oxygen atoms in total. The Labute approximate surface area is 226 Å². The average molecular weight is 561 g/mol. The molecule has 1 saturated carbocycles. The third kappa shape index (κ3) is 5.26. The van der Waals surface area contributed by atoms with Crippen molar-refractivity contribution in [2.45, 2.75) is 57.4 Å². The topological polar surface area (TPSA) is 80.8 Å². The summed E-state index contributed by atoms with van der Waals surface area (Å²) in [6.45, 7) is 1.55. The number of nitrogens with two attached hydrogens (primary N) is 1. The Balaban J connectivity index is 1.84. The lowest BCUT2D eigenvalue weighted by Crippen LogP contribution is -2.33. The summed E-state index contributed by atoms with van der Waals surface area (Å²) in [6.07, 6.45) is -3.35. The normalized spacial score (nSPS) is 15.0. The van der Waals surface area contributed by atoms with E-state index in [-0.39, 0.29) is 45.7 Å². The van der Waals surface area contributed by atoms with Crippen LogP contribution in [0.5, 0.6) is 0 Å². The van der Waals surface area contributed by atoms with Gasteiger partial charge in [0.2, 0.25) is 0 Å². The van der Waals surface area contributed by atoms with Gasteiger partial charge in [-0.1, -0.05) is 19.3 Å². The highest BCUT2D eigenvalue weighted by atomic mass is 19.4. The van der Waals surface area contributed by atoms with E-state index < -0.39 is 23.6 Å². The molecule has 0 spiro atoms. The zero-order valence-corrected chi connectivity index (χ0v) is 21.7. The van der Waals surface area contributed by atoms with Crippen molar-refractivity contribution in [2.24, 2.45) is 0 Å². The number of halogens is 6. The third-order valence-corrected chi connectivity index (χ3v) is 7.22. The number of hydrogen-bond acceptors (Lipinski definition) is 6. The molecule has 0 unspecified atom stereocenters. The number of hydrogen-bond donors (Lipinski definition) is 1. The van der Waals surface area contributed by atoms with Crippen LogP contribution < -0.4 is 10.6 Å². The second kappa shape index (κ2) is 10.2. The summed E-state index contributed by atoms with van der Waals surface area (Å²) >= 11 is 0. The van der Waals surface area contributed by atoms with Crippen molar-refractivity contribution in [1.29, 1.82) is 0 Å². The van der Waals surface area contributed by atoms with Gasteiger partial charge in [-0.25, -0.2) is 15.0 Å². The van der Waals surface area contributed by atoms with Gasteiger partial charge in [-0.15, -0.1) is 0 Å². The smallest absolute Gasteiger partial charge is 0.397 e. The highest BCUT2D eigenvalue weighted by molar-refractivity contribution is 6.05. The summed E-state index contributed by atoms with van der Waals surface area (Å²) in [6, 6.07) is 7.17. The SMILES string of the molecule is Cc1nc(-c2nc(C(F)(F)F)ccc2N)c2c(N(C)C3CCCCC3)cc(-c3ncccc3C(F)(F)F)cc2n1. The van der Waals surface area contributed by atoms with Gasteiger partial charge >= 0.3 is 12.4 Å². The van der Waals surface area contributed by atoms with E-state index in [1.54, 1.807) is 13.0 Å². The van der Waals surface area contributed by atoms with Crippen molar-refractivity contribution < 1.29 is 26.3 Å². The van der Waals surface area contributed by atoms with Gasteiger partial charge in [0.15, 0.2) is 0 Å². The molecule has 0 amide bonds. The van der Waals surface area contributed by atoms with Crippen molar-refractivity contribution in [1.82, 2.24) is 19.9 Å². The number of alkyl halides is 6. The largest absolute Gasteiger partial charge is 0.433 e. The summed E-state index contributed by atoms with van der Waals surface area (Å²) < 4.78 is 82.6. The first-order chi connectivity index (χ1) is 18.8. The van der Waals surface area contributed by atoms with Crippen LogP contribution in [0.25, 0.3) is 33.5 Å². The van der Waals surface area contributed by atoms with E-state index >= 15 is 0 Å². The fraction of sp³-hybridized carbons (Fsp3) is 0.357. The predicted octanol–water partition coefficient (Wildman–Crippen LogP) is 7.45. The van der Waals surface area contributed by atoms with Crippen molar-refractivity contribution in [3.8, 4) is 22.6 Å². The molecule has 0 atom stereocenters. The van der Waals surface area contributed by atoms with Crippen LogP contribution in [-0.4, -0.2) is 33.0 Å². The Kier molecular flexibility index (Phi) is 7.05. The van der Waals surface area contributed by atoms with E-state index in [9.17, 15) is 26.3 Å². The van der Waals surface area contributed by atoms with Crippen molar-refractivity contribution in [3.05, 3.63) is 59.7 Å². The molecule has 1 fully saturated rings. The van der Waals surface area contributed by atoms with Crippen LogP contribution in [0.2, 0.25) is 0 Å². The molecule has 40 heavy (non-hydrogen) atoms. The summed E-state index contributed by atoms with van der Waals surface area (Å²) in [4.78, 5) is 18.8. The molecule has 1 aromatic carbocycles. The van der Waals surface area contributed by atoms with Gasteiger partial charge in [-0.05, 0) is 56.2 Å². The number of anilines is 2.